The maximum absolute atomic E-state index is 12.1. The number of rotatable bonds is 4. The molecule has 4 aromatic rings. The Morgan fingerprint density at radius 2 is 1.63 bits per heavy atom. The number of benzene rings is 2. The minimum Gasteiger partial charge on any atom is -0.369 e. The van der Waals surface area contributed by atoms with Gasteiger partial charge in [0.25, 0.3) is 0 Å². The van der Waals surface area contributed by atoms with E-state index in [-0.39, 0.29) is 5.78 Å². The molecule has 0 aliphatic carbocycles. The van der Waals surface area contributed by atoms with Gasteiger partial charge in [-0.05, 0) is 43.1 Å². The van der Waals surface area contributed by atoms with Gasteiger partial charge in [0.2, 0.25) is 0 Å². The van der Waals surface area contributed by atoms with Gasteiger partial charge in [-0.25, -0.2) is 9.50 Å². The summed E-state index contributed by atoms with van der Waals surface area (Å²) in [5.74, 6) is 0.0757. The zero-order valence-electron chi connectivity index (χ0n) is 20.5. The van der Waals surface area contributed by atoms with Gasteiger partial charge >= 0.3 is 0 Å². The predicted octanol–water partition coefficient (Wildman–Crippen LogP) is 3.97. The van der Waals surface area contributed by atoms with E-state index in [1.807, 2.05) is 41.2 Å². The second kappa shape index (κ2) is 9.06. The molecule has 0 spiro atoms. The number of Topliss-reactive ketones (excluding diaryl/α,β-unsaturated/α-hetero) is 1. The Morgan fingerprint density at radius 3 is 2.40 bits per heavy atom. The maximum atomic E-state index is 12.1. The lowest BCUT2D eigenvalue weighted by molar-refractivity contribution is 0.0982. The van der Waals surface area contributed by atoms with Crippen molar-refractivity contribution in [3.05, 3.63) is 60.6 Å². The number of fused-ring (bicyclic) bond motifs is 2. The summed E-state index contributed by atoms with van der Waals surface area (Å²) in [6.45, 7) is 8.45. The standard InChI is InChI=1S/C28H32N6O/c1-20(35)23-5-3-7-25-24(23)6-4-8-26(25)27-18-30-34-19-22(17-29-28(27)34)32-11-9-21(10-12-32)33-15-13-31(2)14-16-33/h3-8,17-19,21H,9-16H2,1-2H3. The van der Waals surface area contributed by atoms with Crippen LogP contribution >= 0.6 is 0 Å². The average molecular weight is 469 g/mol. The van der Waals surface area contributed by atoms with Gasteiger partial charge in [-0.15, -0.1) is 0 Å². The van der Waals surface area contributed by atoms with Crippen LogP contribution in [0.25, 0.3) is 27.5 Å². The first-order valence-electron chi connectivity index (χ1n) is 12.6. The van der Waals surface area contributed by atoms with Crippen LogP contribution in [0.2, 0.25) is 0 Å². The van der Waals surface area contributed by atoms with Crippen LogP contribution in [-0.2, 0) is 0 Å². The van der Waals surface area contributed by atoms with Crippen LogP contribution in [0.4, 0.5) is 5.69 Å². The predicted molar refractivity (Wildman–Crippen MR) is 140 cm³/mol. The largest absolute Gasteiger partial charge is 0.369 e. The van der Waals surface area contributed by atoms with E-state index in [9.17, 15) is 4.79 Å². The monoisotopic (exact) mass is 468 g/mol. The number of piperazine rings is 1. The Labute approximate surface area is 206 Å². The maximum Gasteiger partial charge on any atom is 0.162 e. The van der Waals surface area contributed by atoms with Gasteiger partial charge in [0.1, 0.15) is 0 Å². The Morgan fingerprint density at radius 1 is 0.886 bits per heavy atom. The molecule has 2 aromatic carbocycles. The molecular weight excluding hydrogens is 436 g/mol. The SMILES string of the molecule is CC(=O)c1cccc2c(-c3cnn4cc(N5CCC(N6CCN(C)CC6)CC5)cnc34)cccc12. The Bertz CT molecular complexity index is 1380. The van der Waals surface area contributed by atoms with E-state index in [4.69, 9.17) is 4.98 Å². The van der Waals surface area contributed by atoms with Crippen molar-refractivity contribution in [2.75, 3.05) is 51.2 Å². The molecule has 0 atom stereocenters. The van der Waals surface area contributed by atoms with E-state index < -0.39 is 0 Å². The van der Waals surface area contributed by atoms with Crippen molar-refractivity contribution in [2.45, 2.75) is 25.8 Å². The topological polar surface area (TPSA) is 57.0 Å². The van der Waals surface area contributed by atoms with Gasteiger partial charge in [0.05, 0.1) is 24.3 Å². The molecule has 0 radical (unpaired) electrons. The van der Waals surface area contributed by atoms with Crippen LogP contribution < -0.4 is 4.90 Å². The molecule has 2 aliphatic rings. The van der Waals surface area contributed by atoms with Crippen molar-refractivity contribution < 1.29 is 4.79 Å². The molecule has 0 unspecified atom stereocenters. The summed E-state index contributed by atoms with van der Waals surface area (Å²) in [7, 11) is 2.22. The summed E-state index contributed by atoms with van der Waals surface area (Å²) in [6.07, 6.45) is 8.37. The number of carbonyl (C=O) groups excluding carboxylic acids is 1. The van der Waals surface area contributed by atoms with Crippen molar-refractivity contribution in [2.24, 2.45) is 0 Å². The fraction of sp³-hybridized carbons (Fsp3) is 0.393. The summed E-state index contributed by atoms with van der Waals surface area (Å²) in [6, 6.07) is 12.7. The molecule has 0 bridgehead atoms. The lowest BCUT2D eigenvalue weighted by Crippen LogP contribution is -2.52. The Hall–Kier alpha value is -3.29. The highest BCUT2D eigenvalue weighted by Crippen LogP contribution is 2.33. The highest BCUT2D eigenvalue weighted by Gasteiger charge is 2.27. The number of anilines is 1. The first-order chi connectivity index (χ1) is 17.1. The Kier molecular flexibility index (Phi) is 5.74. The number of carbonyl (C=O) groups is 1. The highest BCUT2D eigenvalue weighted by molar-refractivity contribution is 6.11. The molecule has 2 aromatic heterocycles. The molecule has 4 heterocycles. The van der Waals surface area contributed by atoms with Gasteiger partial charge in [0.15, 0.2) is 11.4 Å². The van der Waals surface area contributed by atoms with Crippen molar-refractivity contribution in [3.8, 4) is 11.1 Å². The fourth-order valence-electron chi connectivity index (χ4n) is 5.75. The van der Waals surface area contributed by atoms with Gasteiger partial charge in [0, 0.05) is 56.4 Å². The lowest BCUT2D eigenvalue weighted by Gasteiger charge is -2.42. The van der Waals surface area contributed by atoms with E-state index in [2.05, 4.69) is 45.2 Å². The minimum absolute atomic E-state index is 0.0757. The van der Waals surface area contributed by atoms with Crippen LogP contribution in [-0.4, -0.2) is 82.5 Å². The van der Waals surface area contributed by atoms with Gasteiger partial charge < -0.3 is 9.80 Å². The molecule has 7 heteroatoms. The van der Waals surface area contributed by atoms with Crippen molar-refractivity contribution in [3.63, 3.8) is 0 Å². The van der Waals surface area contributed by atoms with E-state index in [1.165, 1.54) is 39.0 Å². The summed E-state index contributed by atoms with van der Waals surface area (Å²) >= 11 is 0. The lowest BCUT2D eigenvalue weighted by atomic mass is 9.95. The number of hydrogen-bond acceptors (Lipinski definition) is 6. The minimum atomic E-state index is 0.0757. The third kappa shape index (κ3) is 4.09. The summed E-state index contributed by atoms with van der Waals surface area (Å²) in [4.78, 5) is 24.5. The van der Waals surface area contributed by atoms with Crippen LogP contribution in [0, 0.1) is 0 Å². The number of piperidine rings is 1. The van der Waals surface area contributed by atoms with Gasteiger partial charge in [-0.3, -0.25) is 9.69 Å². The molecule has 2 aliphatic heterocycles. The molecule has 7 nitrogen and oxygen atoms in total. The van der Waals surface area contributed by atoms with Crippen LogP contribution in [0.3, 0.4) is 0 Å². The first-order valence-corrected chi connectivity index (χ1v) is 12.6. The van der Waals surface area contributed by atoms with E-state index in [0.717, 1.165) is 51.9 Å². The van der Waals surface area contributed by atoms with Crippen molar-refractivity contribution in [1.29, 1.82) is 0 Å². The number of ketones is 1. The zero-order valence-corrected chi connectivity index (χ0v) is 20.5. The normalized spacial score (nSPS) is 18.5. The summed E-state index contributed by atoms with van der Waals surface area (Å²) < 4.78 is 1.89. The number of hydrogen-bond donors (Lipinski definition) is 0. The molecular formula is C28H32N6O. The van der Waals surface area contributed by atoms with Gasteiger partial charge in [-0.1, -0.05) is 36.4 Å². The van der Waals surface area contributed by atoms with Crippen molar-refractivity contribution in [1.82, 2.24) is 24.4 Å². The molecule has 0 saturated carbocycles. The number of aromatic nitrogens is 3. The second-order valence-corrected chi connectivity index (χ2v) is 9.96. The quantitative estimate of drug-likeness (QED) is 0.423. The Balaban J connectivity index is 1.25. The summed E-state index contributed by atoms with van der Waals surface area (Å²) in [5, 5.41) is 6.68. The molecule has 0 N–H and O–H groups in total. The summed E-state index contributed by atoms with van der Waals surface area (Å²) in [5.41, 5.74) is 4.74. The number of likely N-dealkylation sites (N-methyl/N-ethyl adjacent to an activating group) is 1. The first kappa shape index (κ1) is 22.2. The number of nitrogens with zero attached hydrogens (tertiary/aromatic N) is 6. The molecule has 2 fully saturated rings. The molecule has 2 saturated heterocycles. The highest BCUT2D eigenvalue weighted by atomic mass is 16.1. The molecule has 6 rings (SSSR count). The van der Waals surface area contributed by atoms with Gasteiger partial charge in [-0.2, -0.15) is 5.10 Å². The van der Waals surface area contributed by atoms with Crippen LogP contribution in [0.5, 0.6) is 0 Å². The third-order valence-electron chi connectivity index (χ3n) is 7.82. The molecule has 0 amide bonds. The van der Waals surface area contributed by atoms with Crippen LogP contribution in [0.15, 0.2) is 55.0 Å². The van der Waals surface area contributed by atoms with E-state index >= 15 is 0 Å². The fourth-order valence-corrected chi connectivity index (χ4v) is 5.75. The third-order valence-corrected chi connectivity index (χ3v) is 7.82. The van der Waals surface area contributed by atoms with Crippen LogP contribution in [0.1, 0.15) is 30.1 Å². The van der Waals surface area contributed by atoms with Crippen molar-refractivity contribution >= 4 is 27.9 Å². The second-order valence-electron chi connectivity index (χ2n) is 9.96. The molecule has 35 heavy (non-hydrogen) atoms. The average Bonchev–Trinajstić information content (AvgIpc) is 3.31. The smallest absolute Gasteiger partial charge is 0.162 e. The molecule has 180 valence electrons. The van der Waals surface area contributed by atoms with E-state index in [0.29, 0.717) is 6.04 Å². The van der Waals surface area contributed by atoms with E-state index in [1.54, 1.807) is 6.92 Å². The zero-order chi connectivity index (χ0) is 23.9.